The average molecular weight is 769 g/mol. The van der Waals surface area contributed by atoms with E-state index in [1.165, 1.54) is 68.2 Å². The molecule has 4 atom stereocenters. The summed E-state index contributed by atoms with van der Waals surface area (Å²) >= 11 is 11.2. The van der Waals surface area contributed by atoms with Gasteiger partial charge >= 0.3 is 0 Å². The summed E-state index contributed by atoms with van der Waals surface area (Å²) in [6, 6.07) is 4.99. The SMILES string of the molecule is C=C.C=C1CC2CC(C/C=C/C=C(\C)Cc3cc(C)c(Cl)c(c3)N(C)C(=C)CCC3CC3C2)N1.CC(C)(S)CCC=C1CC1.CN(C)CC=O.COC. The van der Waals surface area contributed by atoms with E-state index in [1.54, 1.807) is 19.8 Å². The average Bonchev–Trinajstić information content (AvgIpc) is 4.02. The van der Waals surface area contributed by atoms with Gasteiger partial charge in [-0.25, -0.2) is 0 Å². The van der Waals surface area contributed by atoms with E-state index in [1.807, 2.05) is 19.0 Å². The van der Waals surface area contributed by atoms with E-state index in [2.05, 4.69) is 125 Å². The van der Waals surface area contributed by atoms with E-state index in [0.29, 0.717) is 12.6 Å². The minimum atomic E-state index is 0.214. The van der Waals surface area contributed by atoms with Gasteiger partial charge in [-0.1, -0.05) is 80.1 Å². The third-order valence-corrected chi connectivity index (χ3v) is 10.5. The normalized spacial score (nSPS) is 24.0. The molecule has 2 aliphatic heterocycles. The Bertz CT molecular complexity index is 1370. The van der Waals surface area contributed by atoms with Crippen molar-refractivity contribution in [2.45, 2.75) is 116 Å². The minimum absolute atomic E-state index is 0.214. The molecule has 0 radical (unpaired) electrons. The van der Waals surface area contributed by atoms with Crippen LogP contribution in [0.4, 0.5) is 5.69 Å². The molecule has 7 heteroatoms. The van der Waals surface area contributed by atoms with Crippen LogP contribution in [0, 0.1) is 24.7 Å². The van der Waals surface area contributed by atoms with Gasteiger partial charge in [0.05, 0.1) is 17.3 Å². The maximum absolute atomic E-state index is 9.57. The number of anilines is 1. The summed E-state index contributed by atoms with van der Waals surface area (Å²) in [5, 5.41) is 4.49. The second-order valence-electron chi connectivity index (χ2n) is 16.1. The van der Waals surface area contributed by atoms with Crippen molar-refractivity contribution < 1.29 is 9.53 Å². The molecule has 53 heavy (non-hydrogen) atoms. The molecule has 4 bridgehead atoms. The molecule has 5 nitrogen and oxygen atoms in total. The van der Waals surface area contributed by atoms with Gasteiger partial charge in [0.2, 0.25) is 0 Å². The lowest BCUT2D eigenvalue weighted by Crippen LogP contribution is -2.36. The zero-order chi connectivity index (χ0) is 40.1. The summed E-state index contributed by atoms with van der Waals surface area (Å²) in [5.74, 6) is 2.53. The van der Waals surface area contributed by atoms with Crippen molar-refractivity contribution in [3.63, 3.8) is 0 Å². The summed E-state index contributed by atoms with van der Waals surface area (Å²) in [5.41, 5.74) is 8.92. The first-order valence-electron chi connectivity index (χ1n) is 19.4. The number of aryl methyl sites for hydroxylation is 1. The topological polar surface area (TPSA) is 44.8 Å². The summed E-state index contributed by atoms with van der Waals surface area (Å²) in [6.07, 6.45) is 24.6. The Balaban J connectivity index is 0.000000547. The number of carbonyl (C=O) groups is 1. The second kappa shape index (κ2) is 25.5. The number of hydrogen-bond acceptors (Lipinski definition) is 6. The summed E-state index contributed by atoms with van der Waals surface area (Å²) in [6.45, 7) is 23.9. The predicted molar refractivity (Wildman–Crippen MR) is 238 cm³/mol. The van der Waals surface area contributed by atoms with Crippen molar-refractivity contribution in [3.8, 4) is 0 Å². The number of nitrogens with zero attached hydrogens (tertiary/aromatic N) is 2. The van der Waals surface area contributed by atoms with E-state index in [-0.39, 0.29) is 4.75 Å². The number of halogens is 1. The van der Waals surface area contributed by atoms with Gasteiger partial charge in [0.15, 0.2) is 0 Å². The third-order valence-electron chi connectivity index (χ3n) is 9.79. The van der Waals surface area contributed by atoms with Crippen molar-refractivity contribution in [2.24, 2.45) is 17.8 Å². The molecule has 2 saturated carbocycles. The standard InChI is InChI=1S/C29H39ClN2.C9H16S.C4H9NO.C2H6O.C2H4/c1-19-8-6-7-9-27-16-24(14-21(3)31-27)15-26-18-25(26)11-10-22(4)32(5)28-17-23(12-19)13-20(2)29(28)30;1-9(2,10)7-3-4-8-5-6-8;1-5(2)3-4-6;1-3-2;1-2/h6-8,13,17,24-27,31H,3-4,9-12,14-16,18H2,1-2,5H3;4,10H,3,5-7H2,1-2H3;4H,3H2,1-2H3;1-2H3;1-2H2/b7-6+,19-8+;;;;. The molecule has 1 aromatic rings. The summed E-state index contributed by atoms with van der Waals surface area (Å²) in [7, 11) is 9.08. The fourth-order valence-electron chi connectivity index (χ4n) is 6.73. The number of fused-ring (bicyclic) bond motifs is 5. The molecule has 0 spiro atoms. The molecule has 4 unspecified atom stereocenters. The maximum atomic E-state index is 9.57. The Morgan fingerprint density at radius 2 is 1.74 bits per heavy atom. The minimum Gasteiger partial charge on any atom is -0.388 e. The van der Waals surface area contributed by atoms with E-state index in [4.69, 9.17) is 11.6 Å². The van der Waals surface area contributed by atoms with Crippen molar-refractivity contribution >= 4 is 36.2 Å². The molecular weight excluding hydrogens is 694 g/mol. The van der Waals surface area contributed by atoms with Crippen LogP contribution in [0.15, 0.2) is 85.3 Å². The Morgan fingerprint density at radius 1 is 1.08 bits per heavy atom. The van der Waals surface area contributed by atoms with Crippen LogP contribution in [0.3, 0.4) is 0 Å². The molecule has 1 saturated heterocycles. The van der Waals surface area contributed by atoms with Crippen molar-refractivity contribution in [3.05, 3.63) is 101 Å². The highest BCUT2D eigenvalue weighted by molar-refractivity contribution is 7.81. The number of rotatable bonds is 5. The molecule has 3 fully saturated rings. The summed E-state index contributed by atoms with van der Waals surface area (Å²) < 4.78 is 4.46. The lowest BCUT2D eigenvalue weighted by molar-refractivity contribution is -0.108. The number of methoxy groups -OCH3 is 1. The number of likely N-dealkylation sites (N-methyl/N-ethyl adjacent to an activating group) is 1. The van der Waals surface area contributed by atoms with Gasteiger partial charge in [0.1, 0.15) is 6.29 Å². The summed E-state index contributed by atoms with van der Waals surface area (Å²) in [4.78, 5) is 13.6. The third kappa shape index (κ3) is 21.2. The molecule has 1 N–H and O–H groups in total. The van der Waals surface area contributed by atoms with Crippen LogP contribution in [0.2, 0.25) is 5.02 Å². The quantitative estimate of drug-likeness (QED) is 0.177. The molecule has 2 aliphatic carbocycles. The van der Waals surface area contributed by atoms with Gasteiger partial charge < -0.3 is 24.6 Å². The van der Waals surface area contributed by atoms with Crippen LogP contribution in [0.5, 0.6) is 0 Å². The molecule has 2 heterocycles. The first-order valence-corrected chi connectivity index (χ1v) is 20.2. The van der Waals surface area contributed by atoms with Gasteiger partial charge in [-0.3, -0.25) is 0 Å². The number of thiol groups is 1. The fraction of sp³-hybridized carbons (Fsp3) is 0.587. The van der Waals surface area contributed by atoms with Crippen molar-refractivity contribution in [2.75, 3.05) is 46.8 Å². The molecule has 1 aromatic carbocycles. The second-order valence-corrected chi connectivity index (χ2v) is 17.6. The maximum Gasteiger partial charge on any atom is 0.133 e. The van der Waals surface area contributed by atoms with Crippen LogP contribution in [-0.2, 0) is 16.0 Å². The number of ether oxygens (including phenoxy) is 1. The number of benzene rings is 1. The predicted octanol–water partition coefficient (Wildman–Crippen LogP) is 11.7. The van der Waals surface area contributed by atoms with Crippen molar-refractivity contribution in [1.82, 2.24) is 10.2 Å². The van der Waals surface area contributed by atoms with Crippen LogP contribution in [-0.4, -0.2) is 63.9 Å². The molecule has 4 aliphatic rings. The van der Waals surface area contributed by atoms with E-state index >= 15 is 0 Å². The van der Waals surface area contributed by atoms with E-state index < -0.39 is 0 Å². The lowest BCUT2D eigenvalue weighted by atomic mass is 9.85. The smallest absolute Gasteiger partial charge is 0.133 e. The highest BCUT2D eigenvalue weighted by Gasteiger charge is 2.39. The first kappa shape index (κ1) is 48.5. The van der Waals surface area contributed by atoms with Crippen molar-refractivity contribution in [1.29, 1.82) is 0 Å². The zero-order valence-electron chi connectivity index (χ0n) is 34.9. The number of carbonyl (C=O) groups excluding carboxylic acids is 1. The number of piperidine rings is 1. The molecule has 5 rings (SSSR count). The lowest BCUT2D eigenvalue weighted by Gasteiger charge is -2.32. The monoisotopic (exact) mass is 768 g/mol. The number of nitrogens with one attached hydrogen (secondary N) is 1. The van der Waals surface area contributed by atoms with Gasteiger partial charge in [-0.2, -0.15) is 12.6 Å². The molecule has 0 amide bonds. The molecule has 298 valence electrons. The van der Waals surface area contributed by atoms with Gasteiger partial charge in [0.25, 0.3) is 0 Å². The molecule has 0 aromatic heterocycles. The zero-order valence-corrected chi connectivity index (χ0v) is 36.6. The molecular formula is C46H74ClN3O2S. The van der Waals surface area contributed by atoms with E-state index in [9.17, 15) is 4.79 Å². The van der Waals surface area contributed by atoms with Crippen LogP contribution >= 0.6 is 24.2 Å². The number of aldehydes is 1. The Labute approximate surface area is 336 Å². The largest absolute Gasteiger partial charge is 0.388 e. The van der Waals surface area contributed by atoms with Gasteiger partial charge in [-0.15, -0.1) is 13.2 Å². The van der Waals surface area contributed by atoms with E-state index in [0.717, 1.165) is 71.7 Å². The Hall–Kier alpha value is -2.51. The fourth-order valence-corrected chi connectivity index (χ4v) is 7.09. The number of allylic oxidation sites excluding steroid dienone is 7. The van der Waals surface area contributed by atoms with Crippen LogP contribution in [0.25, 0.3) is 0 Å². The highest BCUT2D eigenvalue weighted by atomic mass is 35.5. The van der Waals surface area contributed by atoms with Gasteiger partial charge in [-0.05, 0) is 140 Å². The number of hydrogen-bond donors (Lipinski definition) is 2. The van der Waals surface area contributed by atoms with Gasteiger partial charge in [0, 0.05) is 43.5 Å². The highest BCUT2D eigenvalue weighted by Crippen LogP contribution is 2.48. The van der Waals surface area contributed by atoms with Crippen LogP contribution < -0.4 is 10.2 Å². The Morgan fingerprint density at radius 3 is 2.30 bits per heavy atom. The Kier molecular flexibility index (Phi) is 23.4. The van der Waals surface area contributed by atoms with Crippen LogP contribution in [0.1, 0.15) is 103 Å². The first-order chi connectivity index (χ1) is 25.1.